The molecule has 2 N–H and O–H groups in total. The molecule has 0 bridgehead atoms. The van der Waals surface area contributed by atoms with Crippen LogP contribution in [0.2, 0.25) is 0 Å². The van der Waals surface area contributed by atoms with Gasteiger partial charge in [-0.3, -0.25) is 0 Å². The lowest BCUT2D eigenvalue weighted by molar-refractivity contribution is 0.00718. The fourth-order valence-electron chi connectivity index (χ4n) is 2.38. The van der Waals surface area contributed by atoms with E-state index in [2.05, 4.69) is 30.9 Å². The van der Waals surface area contributed by atoms with Gasteiger partial charge in [0.2, 0.25) is 11.7 Å². The Morgan fingerprint density at radius 1 is 1.24 bits per heavy atom. The third kappa shape index (κ3) is 3.68. The normalized spacial score (nSPS) is 13.4. The van der Waals surface area contributed by atoms with Crippen molar-refractivity contribution in [3.8, 4) is 0 Å². The van der Waals surface area contributed by atoms with Crippen LogP contribution in [0.1, 0.15) is 49.7 Å². The molecule has 0 aliphatic rings. The average molecular weight is 289 g/mol. The van der Waals surface area contributed by atoms with Crippen molar-refractivity contribution in [2.24, 2.45) is 11.1 Å². The van der Waals surface area contributed by atoms with E-state index in [4.69, 9.17) is 15.0 Å². The monoisotopic (exact) mass is 289 g/mol. The second-order valence-corrected chi connectivity index (χ2v) is 6.18. The van der Waals surface area contributed by atoms with Gasteiger partial charge in [0, 0.05) is 13.7 Å². The van der Waals surface area contributed by atoms with E-state index in [1.54, 1.807) is 7.11 Å². The SMILES string of the molecule is COC(c1noc(Cc2ccccc2CN)n1)C(C)(C)C. The van der Waals surface area contributed by atoms with Crippen LogP contribution in [-0.4, -0.2) is 17.3 Å². The van der Waals surface area contributed by atoms with Crippen LogP contribution in [-0.2, 0) is 17.7 Å². The molecular weight excluding hydrogens is 266 g/mol. The zero-order valence-electron chi connectivity index (χ0n) is 13.1. The van der Waals surface area contributed by atoms with E-state index in [0.717, 1.165) is 11.1 Å². The molecule has 5 heteroatoms. The molecule has 0 aliphatic carbocycles. The molecule has 0 spiro atoms. The van der Waals surface area contributed by atoms with Crippen LogP contribution in [0, 0.1) is 5.41 Å². The first-order valence-corrected chi connectivity index (χ1v) is 7.08. The molecule has 2 rings (SSSR count). The number of hydrogen-bond donors (Lipinski definition) is 1. The van der Waals surface area contributed by atoms with Gasteiger partial charge in [-0.25, -0.2) is 0 Å². The van der Waals surface area contributed by atoms with Crippen molar-refractivity contribution < 1.29 is 9.26 Å². The number of nitrogens with two attached hydrogens (primary N) is 1. The summed E-state index contributed by atoms with van der Waals surface area (Å²) in [5.41, 5.74) is 7.86. The molecule has 21 heavy (non-hydrogen) atoms. The highest BCUT2D eigenvalue weighted by Crippen LogP contribution is 2.33. The third-order valence-corrected chi connectivity index (χ3v) is 3.42. The lowest BCUT2D eigenvalue weighted by Gasteiger charge is -2.26. The Bertz CT molecular complexity index is 587. The molecule has 2 aromatic rings. The lowest BCUT2D eigenvalue weighted by Crippen LogP contribution is -2.21. The highest BCUT2D eigenvalue weighted by Gasteiger charge is 2.30. The Kier molecular flexibility index (Phi) is 4.75. The van der Waals surface area contributed by atoms with Crippen molar-refractivity contribution in [2.75, 3.05) is 7.11 Å². The first kappa shape index (κ1) is 15.7. The van der Waals surface area contributed by atoms with Gasteiger partial charge in [-0.2, -0.15) is 4.98 Å². The molecule has 1 aromatic carbocycles. The summed E-state index contributed by atoms with van der Waals surface area (Å²) in [6.45, 7) is 6.75. The van der Waals surface area contributed by atoms with E-state index in [0.29, 0.717) is 24.7 Å². The summed E-state index contributed by atoms with van der Waals surface area (Å²) >= 11 is 0. The molecule has 0 saturated heterocycles. The quantitative estimate of drug-likeness (QED) is 0.916. The van der Waals surface area contributed by atoms with Crippen LogP contribution in [0.15, 0.2) is 28.8 Å². The van der Waals surface area contributed by atoms with Crippen LogP contribution in [0.4, 0.5) is 0 Å². The van der Waals surface area contributed by atoms with Gasteiger partial charge < -0.3 is 15.0 Å². The van der Waals surface area contributed by atoms with E-state index in [9.17, 15) is 0 Å². The summed E-state index contributed by atoms with van der Waals surface area (Å²) < 4.78 is 10.9. The minimum absolute atomic E-state index is 0.0922. The standard InChI is InChI=1S/C16H23N3O2/c1-16(2,3)14(20-4)15-18-13(21-19-15)9-11-7-5-6-8-12(11)10-17/h5-8,14H,9-10,17H2,1-4H3. The predicted octanol–water partition coefficient (Wildman–Crippen LogP) is 2.85. The van der Waals surface area contributed by atoms with Gasteiger partial charge >= 0.3 is 0 Å². The Labute approximate surface area is 125 Å². The van der Waals surface area contributed by atoms with E-state index >= 15 is 0 Å². The van der Waals surface area contributed by atoms with E-state index in [-0.39, 0.29) is 11.5 Å². The molecular formula is C16H23N3O2. The summed E-state index contributed by atoms with van der Waals surface area (Å²) in [4.78, 5) is 4.47. The smallest absolute Gasteiger partial charge is 0.231 e. The fraction of sp³-hybridized carbons (Fsp3) is 0.500. The summed E-state index contributed by atoms with van der Waals surface area (Å²) in [7, 11) is 1.66. The largest absolute Gasteiger partial charge is 0.373 e. The first-order chi connectivity index (χ1) is 9.95. The van der Waals surface area contributed by atoms with Gasteiger partial charge in [-0.1, -0.05) is 50.2 Å². The molecule has 114 valence electrons. The Morgan fingerprint density at radius 3 is 2.48 bits per heavy atom. The fourth-order valence-corrected chi connectivity index (χ4v) is 2.38. The molecule has 0 saturated carbocycles. The van der Waals surface area contributed by atoms with Crippen LogP contribution in [0.3, 0.4) is 0 Å². The van der Waals surface area contributed by atoms with Crippen LogP contribution >= 0.6 is 0 Å². The summed E-state index contributed by atoms with van der Waals surface area (Å²) in [5.74, 6) is 1.17. The molecule has 1 atom stereocenters. The number of methoxy groups -OCH3 is 1. The molecule has 5 nitrogen and oxygen atoms in total. The summed E-state index contributed by atoms with van der Waals surface area (Å²) in [6, 6.07) is 8.01. The molecule has 0 amide bonds. The second-order valence-electron chi connectivity index (χ2n) is 6.18. The van der Waals surface area contributed by atoms with Crippen LogP contribution in [0.5, 0.6) is 0 Å². The van der Waals surface area contributed by atoms with Crippen LogP contribution < -0.4 is 5.73 Å². The molecule has 1 heterocycles. The van der Waals surface area contributed by atoms with Gasteiger partial charge in [0.25, 0.3) is 0 Å². The summed E-state index contributed by atoms with van der Waals surface area (Å²) in [6.07, 6.45) is 0.390. The molecule has 0 radical (unpaired) electrons. The Hall–Kier alpha value is -1.72. The second kappa shape index (κ2) is 6.37. The zero-order valence-corrected chi connectivity index (χ0v) is 13.1. The predicted molar refractivity (Wildman–Crippen MR) is 80.6 cm³/mol. The Morgan fingerprint density at radius 2 is 1.90 bits per heavy atom. The number of nitrogens with zero attached hydrogens (tertiary/aromatic N) is 2. The Balaban J connectivity index is 2.20. The minimum Gasteiger partial charge on any atom is -0.373 e. The van der Waals surface area contributed by atoms with E-state index in [1.807, 2.05) is 24.3 Å². The number of aromatic nitrogens is 2. The molecule has 0 aliphatic heterocycles. The van der Waals surface area contributed by atoms with Crippen molar-refractivity contribution in [2.45, 2.75) is 39.8 Å². The molecule has 0 fully saturated rings. The topological polar surface area (TPSA) is 74.2 Å². The van der Waals surface area contributed by atoms with Crippen LogP contribution in [0.25, 0.3) is 0 Å². The highest BCUT2D eigenvalue weighted by molar-refractivity contribution is 5.29. The van der Waals surface area contributed by atoms with Crippen molar-refractivity contribution in [1.29, 1.82) is 0 Å². The summed E-state index contributed by atoms with van der Waals surface area (Å²) in [5, 5.41) is 4.06. The maximum absolute atomic E-state index is 5.75. The maximum Gasteiger partial charge on any atom is 0.231 e. The van der Waals surface area contributed by atoms with Crippen molar-refractivity contribution in [3.63, 3.8) is 0 Å². The van der Waals surface area contributed by atoms with E-state index < -0.39 is 0 Å². The number of rotatable bonds is 5. The number of benzene rings is 1. The van der Waals surface area contributed by atoms with Crippen molar-refractivity contribution >= 4 is 0 Å². The maximum atomic E-state index is 5.75. The molecule has 1 unspecified atom stereocenters. The van der Waals surface area contributed by atoms with Crippen molar-refractivity contribution in [1.82, 2.24) is 10.1 Å². The number of hydrogen-bond acceptors (Lipinski definition) is 5. The average Bonchev–Trinajstić information content (AvgIpc) is 2.86. The van der Waals surface area contributed by atoms with Crippen molar-refractivity contribution in [3.05, 3.63) is 47.1 Å². The number of ether oxygens (including phenoxy) is 1. The van der Waals surface area contributed by atoms with Gasteiger partial charge in [0.1, 0.15) is 6.10 Å². The van der Waals surface area contributed by atoms with Gasteiger partial charge in [0.15, 0.2) is 0 Å². The molecule has 1 aromatic heterocycles. The highest BCUT2D eigenvalue weighted by atomic mass is 16.5. The van der Waals surface area contributed by atoms with Gasteiger partial charge in [0.05, 0.1) is 6.42 Å². The van der Waals surface area contributed by atoms with E-state index in [1.165, 1.54) is 0 Å². The first-order valence-electron chi connectivity index (χ1n) is 7.08. The van der Waals surface area contributed by atoms with Gasteiger partial charge in [-0.05, 0) is 16.5 Å². The lowest BCUT2D eigenvalue weighted by atomic mass is 9.88. The minimum atomic E-state index is -0.195. The third-order valence-electron chi connectivity index (χ3n) is 3.42. The van der Waals surface area contributed by atoms with Gasteiger partial charge in [-0.15, -0.1) is 0 Å². The zero-order chi connectivity index (χ0) is 15.5.